The van der Waals surface area contributed by atoms with Crippen LogP contribution in [-0.2, 0) is 25.2 Å². The van der Waals surface area contributed by atoms with Gasteiger partial charge < -0.3 is 9.97 Å². The summed E-state index contributed by atoms with van der Waals surface area (Å²) in [6.07, 6.45) is -15.8. The topological polar surface area (TPSA) is 127 Å². The number of nitrogens with zero attached hydrogens (tertiary/aromatic N) is 6. The number of hydrogen-bond donors (Lipinski definition) is 2. The molecule has 0 saturated heterocycles. The molecule has 4 aromatic heterocycles. The molecule has 0 amide bonds. The molecule has 0 unspecified atom stereocenters. The molecule has 0 aliphatic carbocycles. The number of rotatable bonds is 8. The maximum atomic E-state index is 12.9. The van der Waals surface area contributed by atoms with Crippen LogP contribution in [0.2, 0.25) is 0 Å². The fourth-order valence-corrected chi connectivity index (χ4v) is 5.75. The molecule has 2 N–H and O–H groups in total. The number of H-pyrrole nitrogens is 2. The molecular weight excluding hydrogens is 742 g/mol. The van der Waals surface area contributed by atoms with Crippen molar-refractivity contribution in [1.29, 1.82) is 0 Å². The van der Waals surface area contributed by atoms with Crippen LogP contribution in [-0.4, -0.2) is 52.3 Å². The number of alkyl halides is 10. The Hall–Kier alpha value is -5.56. The molecule has 2 atom stereocenters. The van der Waals surface area contributed by atoms with Crippen molar-refractivity contribution in [1.82, 2.24) is 39.5 Å². The molecule has 0 radical (unpaired) electrons. The number of fused-ring (bicyclic) bond motifs is 2. The lowest BCUT2D eigenvalue weighted by Gasteiger charge is -2.15. The van der Waals surface area contributed by atoms with Crippen LogP contribution in [0, 0.1) is 13.8 Å². The van der Waals surface area contributed by atoms with Gasteiger partial charge in [0, 0.05) is 0 Å². The standard InChI is InChI=1S/2C17H15F5N4O/c2*1-8(10-3-5-11(6-4-10)17(20,21)22)26-15-14(12(25-26)7-13(18)19)16(27)24-9(2)23-15/h2*3-6,8,13H,7H2,1-2H3,(H,23,24,27)/t2*8-/m10/s1. The molecule has 0 bridgehead atoms. The Morgan fingerprint density at radius 3 is 1.19 bits per heavy atom. The minimum Gasteiger partial charge on any atom is -0.310 e. The van der Waals surface area contributed by atoms with Crippen molar-refractivity contribution in [2.45, 2.75) is 77.8 Å². The summed E-state index contributed by atoms with van der Waals surface area (Å²) in [5.41, 5.74) is -1.82. The molecule has 0 fully saturated rings. The third-order valence-corrected chi connectivity index (χ3v) is 8.38. The lowest BCUT2D eigenvalue weighted by molar-refractivity contribution is -0.138. The summed E-state index contributed by atoms with van der Waals surface area (Å²) >= 11 is 0. The highest BCUT2D eigenvalue weighted by atomic mass is 19.4. The van der Waals surface area contributed by atoms with E-state index in [9.17, 15) is 53.5 Å². The Labute approximate surface area is 297 Å². The summed E-state index contributed by atoms with van der Waals surface area (Å²) in [5, 5.41) is 8.14. The molecule has 0 aliphatic rings. The van der Waals surface area contributed by atoms with Crippen molar-refractivity contribution in [2.75, 3.05) is 0 Å². The summed E-state index contributed by atoms with van der Waals surface area (Å²) < 4.78 is 130. The first-order valence-corrected chi connectivity index (χ1v) is 16.0. The monoisotopic (exact) mass is 772 g/mol. The van der Waals surface area contributed by atoms with E-state index in [-0.39, 0.29) is 45.1 Å². The molecular formula is C34H30F10N8O2. The van der Waals surface area contributed by atoms with Gasteiger partial charge in [-0.05, 0) is 63.1 Å². The lowest BCUT2D eigenvalue weighted by Crippen LogP contribution is -2.13. The van der Waals surface area contributed by atoms with Gasteiger partial charge in [-0.1, -0.05) is 24.3 Å². The molecule has 6 aromatic rings. The number of nitrogens with one attached hydrogen (secondary N) is 2. The van der Waals surface area contributed by atoms with Crippen LogP contribution in [0.15, 0.2) is 58.1 Å². The van der Waals surface area contributed by atoms with Gasteiger partial charge in [0.25, 0.3) is 11.1 Å². The Morgan fingerprint density at radius 1 is 0.593 bits per heavy atom. The first-order valence-electron chi connectivity index (χ1n) is 16.0. The first-order chi connectivity index (χ1) is 25.1. The summed E-state index contributed by atoms with van der Waals surface area (Å²) in [4.78, 5) is 37.7. The molecule has 0 saturated carbocycles. The van der Waals surface area contributed by atoms with Gasteiger partial charge in [0.05, 0.1) is 47.4 Å². The van der Waals surface area contributed by atoms with Crippen LogP contribution in [0.5, 0.6) is 0 Å². The molecule has 6 rings (SSSR count). The molecule has 20 heteroatoms. The summed E-state index contributed by atoms with van der Waals surface area (Å²) in [6, 6.07) is 7.64. The van der Waals surface area contributed by atoms with E-state index >= 15 is 0 Å². The summed E-state index contributed by atoms with van der Waals surface area (Å²) in [5.74, 6) is 0.550. The Balaban J connectivity index is 0.000000208. The minimum atomic E-state index is -4.46. The first kappa shape index (κ1) is 39.6. The number of hydrogen-bond acceptors (Lipinski definition) is 6. The quantitative estimate of drug-likeness (QED) is 0.153. The third kappa shape index (κ3) is 8.46. The zero-order valence-corrected chi connectivity index (χ0v) is 28.6. The van der Waals surface area contributed by atoms with Gasteiger partial charge in [-0.25, -0.2) is 36.9 Å². The van der Waals surface area contributed by atoms with Gasteiger partial charge in [-0.3, -0.25) is 9.59 Å². The number of benzene rings is 2. The van der Waals surface area contributed by atoms with Crippen molar-refractivity contribution < 1.29 is 43.9 Å². The number of aryl methyl sites for hydroxylation is 2. The van der Waals surface area contributed by atoms with E-state index in [0.717, 1.165) is 24.3 Å². The van der Waals surface area contributed by atoms with Gasteiger partial charge in [0.2, 0.25) is 12.9 Å². The average molecular weight is 773 g/mol. The molecule has 0 aliphatic heterocycles. The van der Waals surface area contributed by atoms with E-state index in [0.29, 0.717) is 11.1 Å². The van der Waals surface area contributed by atoms with Crippen molar-refractivity contribution in [3.8, 4) is 0 Å². The second-order valence-corrected chi connectivity index (χ2v) is 12.3. The van der Waals surface area contributed by atoms with E-state index in [1.807, 2.05) is 0 Å². The van der Waals surface area contributed by atoms with Gasteiger partial charge in [0.15, 0.2) is 11.3 Å². The molecule has 4 heterocycles. The average Bonchev–Trinajstić information content (AvgIpc) is 3.61. The van der Waals surface area contributed by atoms with Crippen LogP contribution in [0.3, 0.4) is 0 Å². The summed E-state index contributed by atoms with van der Waals surface area (Å²) in [7, 11) is 0. The molecule has 54 heavy (non-hydrogen) atoms. The number of aromatic amines is 2. The van der Waals surface area contributed by atoms with E-state index in [2.05, 4.69) is 30.1 Å². The third-order valence-electron chi connectivity index (χ3n) is 8.38. The zero-order valence-electron chi connectivity index (χ0n) is 28.6. The Bertz CT molecular complexity index is 2210. The maximum absolute atomic E-state index is 12.9. The van der Waals surface area contributed by atoms with E-state index in [1.54, 1.807) is 13.8 Å². The summed E-state index contributed by atoms with van der Waals surface area (Å²) in [6.45, 7) is 6.35. The van der Waals surface area contributed by atoms with Gasteiger partial charge in [0.1, 0.15) is 22.4 Å². The highest BCUT2D eigenvalue weighted by Gasteiger charge is 2.32. The van der Waals surface area contributed by atoms with Gasteiger partial charge in [-0.2, -0.15) is 36.5 Å². The van der Waals surface area contributed by atoms with E-state index in [4.69, 9.17) is 0 Å². The van der Waals surface area contributed by atoms with Crippen molar-refractivity contribution in [2.24, 2.45) is 0 Å². The normalized spacial score (nSPS) is 13.5. The van der Waals surface area contributed by atoms with E-state index in [1.165, 1.54) is 47.5 Å². The molecule has 288 valence electrons. The lowest BCUT2D eigenvalue weighted by atomic mass is 10.1. The predicted octanol–water partition coefficient (Wildman–Crippen LogP) is 7.73. The van der Waals surface area contributed by atoms with Crippen LogP contribution in [0.4, 0.5) is 43.9 Å². The van der Waals surface area contributed by atoms with Gasteiger partial charge in [-0.15, -0.1) is 0 Å². The Kier molecular flexibility index (Phi) is 11.1. The van der Waals surface area contributed by atoms with Crippen molar-refractivity contribution >= 4 is 22.1 Å². The molecule has 10 nitrogen and oxygen atoms in total. The maximum Gasteiger partial charge on any atom is 0.416 e. The predicted molar refractivity (Wildman–Crippen MR) is 176 cm³/mol. The molecule has 0 spiro atoms. The smallest absolute Gasteiger partial charge is 0.310 e. The Morgan fingerprint density at radius 2 is 0.907 bits per heavy atom. The van der Waals surface area contributed by atoms with Crippen LogP contribution in [0.1, 0.15) is 71.2 Å². The van der Waals surface area contributed by atoms with Gasteiger partial charge >= 0.3 is 12.4 Å². The van der Waals surface area contributed by atoms with Crippen LogP contribution < -0.4 is 11.1 Å². The largest absolute Gasteiger partial charge is 0.416 e. The van der Waals surface area contributed by atoms with Crippen molar-refractivity contribution in [3.05, 3.63) is 115 Å². The second kappa shape index (κ2) is 15.1. The molecule has 2 aromatic carbocycles. The highest BCUT2D eigenvalue weighted by Crippen LogP contribution is 2.33. The highest BCUT2D eigenvalue weighted by molar-refractivity contribution is 5.78. The van der Waals surface area contributed by atoms with Crippen LogP contribution in [0.25, 0.3) is 22.1 Å². The number of aromatic nitrogens is 8. The van der Waals surface area contributed by atoms with Crippen LogP contribution >= 0.6 is 0 Å². The second-order valence-electron chi connectivity index (χ2n) is 12.3. The SMILES string of the molecule is Cc1nc2c(c(CC(F)F)nn2[C@@H](C)c2ccc(C(F)(F)F)cc2)c(=O)[nH]1.Cc1nc2c(c(CC(F)F)nn2[C@H](C)c2ccc(C(F)(F)F)cc2)c(=O)[nH]1. The zero-order chi connectivity index (χ0) is 39.9. The van der Waals surface area contributed by atoms with Crippen molar-refractivity contribution in [3.63, 3.8) is 0 Å². The number of halogens is 10. The minimum absolute atomic E-state index is 0.0420. The fraction of sp³-hybridized carbons (Fsp3) is 0.353. The van der Waals surface area contributed by atoms with E-state index < -0.39 is 72.4 Å². The fourth-order valence-electron chi connectivity index (χ4n) is 5.75.